The number of rotatable bonds is 5. The maximum Gasteiger partial charge on any atom is 0.180 e. The van der Waals surface area contributed by atoms with E-state index >= 15 is 0 Å². The van der Waals surface area contributed by atoms with E-state index in [-0.39, 0.29) is 0 Å². The lowest BCUT2D eigenvalue weighted by molar-refractivity contribution is 0.667. The smallest absolute Gasteiger partial charge is 0.180 e. The van der Waals surface area contributed by atoms with Gasteiger partial charge in [0.05, 0.1) is 11.2 Å². The molecule has 0 bridgehead atoms. The molecule has 5 heteroatoms. The first kappa shape index (κ1) is 31.1. The molecule has 0 saturated carbocycles. The molecule has 8 aromatic carbocycles. The minimum absolute atomic E-state index is 0.621. The molecule has 0 saturated heterocycles. The fourth-order valence-corrected chi connectivity index (χ4v) is 7.82. The lowest BCUT2D eigenvalue weighted by Gasteiger charge is -2.12. The molecule has 11 aromatic rings. The standard InChI is InChI=1S/C50H30N4O/c1-2-13-31(14-3-1)34-16-12-17-36(29-34)45-40-21-8-10-23-43(40)51-49(52-45)32-25-27-33(28-26-32)50-53-46-41-22-9-11-24-44(41)55-48(46)47(54-50)42-30-35-15-4-5-18-37(35)38-19-6-7-20-39(38)42/h1-30H. The zero-order valence-corrected chi connectivity index (χ0v) is 29.5. The van der Waals surface area contributed by atoms with Gasteiger partial charge in [-0.25, -0.2) is 19.9 Å². The molecule has 0 N–H and O–H groups in total. The molecule has 0 unspecified atom stereocenters. The van der Waals surface area contributed by atoms with Crippen molar-refractivity contribution in [1.82, 2.24) is 19.9 Å². The van der Waals surface area contributed by atoms with Gasteiger partial charge in [0.1, 0.15) is 16.8 Å². The molecular weight excluding hydrogens is 673 g/mol. The molecule has 5 nitrogen and oxygen atoms in total. The molecule has 256 valence electrons. The maximum absolute atomic E-state index is 6.54. The predicted molar refractivity (Wildman–Crippen MR) is 225 cm³/mol. The van der Waals surface area contributed by atoms with Crippen molar-refractivity contribution in [2.24, 2.45) is 0 Å². The lowest BCUT2D eigenvalue weighted by atomic mass is 9.95. The first-order chi connectivity index (χ1) is 27.2. The second-order valence-electron chi connectivity index (χ2n) is 13.8. The summed E-state index contributed by atoms with van der Waals surface area (Å²) in [6.45, 7) is 0. The van der Waals surface area contributed by atoms with E-state index in [0.717, 1.165) is 77.4 Å². The van der Waals surface area contributed by atoms with Gasteiger partial charge in [0.25, 0.3) is 0 Å². The Morgan fingerprint density at radius 3 is 1.76 bits per heavy atom. The summed E-state index contributed by atoms with van der Waals surface area (Å²) < 4.78 is 6.54. The first-order valence-electron chi connectivity index (χ1n) is 18.4. The Morgan fingerprint density at radius 1 is 0.345 bits per heavy atom. The molecule has 0 fully saturated rings. The number of nitrogens with zero attached hydrogens (tertiary/aromatic N) is 4. The van der Waals surface area contributed by atoms with Crippen molar-refractivity contribution < 1.29 is 4.42 Å². The van der Waals surface area contributed by atoms with Crippen LogP contribution in [0.25, 0.3) is 111 Å². The highest BCUT2D eigenvalue weighted by Gasteiger charge is 2.21. The molecule has 0 atom stereocenters. The zero-order valence-electron chi connectivity index (χ0n) is 29.5. The van der Waals surface area contributed by atoms with Crippen molar-refractivity contribution in [3.63, 3.8) is 0 Å². The SMILES string of the molecule is c1ccc(-c2cccc(-c3nc(-c4ccc(-c5nc(-c6cc7ccccc7c7ccccc67)c6oc7ccccc7c6n5)cc4)nc4ccccc34)c2)cc1. The van der Waals surface area contributed by atoms with Crippen LogP contribution in [0.3, 0.4) is 0 Å². The van der Waals surface area contributed by atoms with Crippen molar-refractivity contribution >= 4 is 54.5 Å². The molecule has 55 heavy (non-hydrogen) atoms. The molecule has 0 spiro atoms. The van der Waals surface area contributed by atoms with Crippen LogP contribution < -0.4 is 0 Å². The third kappa shape index (κ3) is 5.24. The molecule has 0 aliphatic heterocycles. The molecule has 0 aliphatic rings. The number of para-hydroxylation sites is 2. The highest BCUT2D eigenvalue weighted by Crippen LogP contribution is 2.41. The topological polar surface area (TPSA) is 64.7 Å². The first-order valence-corrected chi connectivity index (χ1v) is 18.4. The summed E-state index contributed by atoms with van der Waals surface area (Å²) in [5, 5.41) is 6.60. The van der Waals surface area contributed by atoms with E-state index < -0.39 is 0 Å². The summed E-state index contributed by atoms with van der Waals surface area (Å²) in [6.07, 6.45) is 0. The normalized spacial score (nSPS) is 11.6. The Labute approximate surface area is 316 Å². The molecule has 0 amide bonds. The van der Waals surface area contributed by atoms with Crippen molar-refractivity contribution in [1.29, 1.82) is 0 Å². The molecule has 3 aromatic heterocycles. The van der Waals surface area contributed by atoms with E-state index in [0.29, 0.717) is 17.2 Å². The second kappa shape index (κ2) is 12.6. The van der Waals surface area contributed by atoms with Crippen molar-refractivity contribution in [3.8, 4) is 56.4 Å². The van der Waals surface area contributed by atoms with Gasteiger partial charge in [-0.1, -0.05) is 152 Å². The minimum atomic E-state index is 0.621. The Kier molecular flexibility index (Phi) is 7.10. The van der Waals surface area contributed by atoms with E-state index in [9.17, 15) is 0 Å². The van der Waals surface area contributed by atoms with Gasteiger partial charge in [-0.05, 0) is 63.0 Å². The molecule has 3 heterocycles. The summed E-state index contributed by atoms with van der Waals surface area (Å²) in [5.74, 6) is 1.28. The number of benzene rings is 8. The zero-order chi connectivity index (χ0) is 36.3. The number of furan rings is 1. The van der Waals surface area contributed by atoms with Crippen LogP contribution in [0.5, 0.6) is 0 Å². The Bertz CT molecular complexity index is 3260. The third-order valence-electron chi connectivity index (χ3n) is 10.5. The lowest BCUT2D eigenvalue weighted by Crippen LogP contribution is -1.97. The fraction of sp³-hybridized carbons (Fsp3) is 0. The van der Waals surface area contributed by atoms with Crippen LogP contribution in [-0.4, -0.2) is 19.9 Å². The van der Waals surface area contributed by atoms with Crippen molar-refractivity contribution in [2.45, 2.75) is 0 Å². The van der Waals surface area contributed by atoms with Crippen LogP contribution in [0.1, 0.15) is 0 Å². The van der Waals surface area contributed by atoms with E-state index in [1.807, 2.05) is 36.4 Å². The van der Waals surface area contributed by atoms with Crippen LogP contribution in [0.4, 0.5) is 0 Å². The quantitative estimate of drug-likeness (QED) is 0.167. The van der Waals surface area contributed by atoms with Gasteiger partial charge < -0.3 is 4.42 Å². The van der Waals surface area contributed by atoms with Crippen molar-refractivity contribution in [2.75, 3.05) is 0 Å². The second-order valence-corrected chi connectivity index (χ2v) is 13.8. The third-order valence-corrected chi connectivity index (χ3v) is 10.5. The Hall–Kier alpha value is -7.50. The summed E-state index contributed by atoms with van der Waals surface area (Å²) in [6, 6.07) is 62.8. The van der Waals surface area contributed by atoms with E-state index in [1.165, 1.54) is 16.3 Å². The van der Waals surface area contributed by atoms with Crippen LogP contribution in [-0.2, 0) is 0 Å². The van der Waals surface area contributed by atoms with Gasteiger partial charge >= 0.3 is 0 Å². The average molecular weight is 703 g/mol. The highest BCUT2D eigenvalue weighted by molar-refractivity contribution is 6.16. The highest BCUT2D eigenvalue weighted by atomic mass is 16.3. The maximum atomic E-state index is 6.54. The van der Waals surface area contributed by atoms with Gasteiger partial charge in [-0.2, -0.15) is 0 Å². The Balaban J connectivity index is 1.06. The van der Waals surface area contributed by atoms with Crippen LogP contribution in [0, 0.1) is 0 Å². The molecular formula is C50H30N4O. The average Bonchev–Trinajstić information content (AvgIpc) is 3.64. The van der Waals surface area contributed by atoms with Crippen molar-refractivity contribution in [3.05, 3.63) is 182 Å². The summed E-state index contributed by atoms with van der Waals surface area (Å²) >= 11 is 0. The largest absolute Gasteiger partial charge is 0.452 e. The van der Waals surface area contributed by atoms with Crippen LogP contribution in [0.2, 0.25) is 0 Å². The summed E-state index contributed by atoms with van der Waals surface area (Å²) in [4.78, 5) is 20.7. The molecule has 0 aliphatic carbocycles. The Morgan fingerprint density at radius 2 is 0.945 bits per heavy atom. The summed E-state index contributed by atoms with van der Waals surface area (Å²) in [5.41, 5.74) is 11.0. The number of hydrogen-bond donors (Lipinski definition) is 0. The number of aromatic nitrogens is 4. The van der Waals surface area contributed by atoms with E-state index in [1.54, 1.807) is 0 Å². The molecule has 11 rings (SSSR count). The van der Waals surface area contributed by atoms with Gasteiger partial charge in [0, 0.05) is 33.0 Å². The number of hydrogen-bond acceptors (Lipinski definition) is 5. The van der Waals surface area contributed by atoms with Gasteiger partial charge in [0.2, 0.25) is 0 Å². The minimum Gasteiger partial charge on any atom is -0.452 e. The monoisotopic (exact) mass is 702 g/mol. The van der Waals surface area contributed by atoms with Gasteiger partial charge in [-0.15, -0.1) is 0 Å². The fourth-order valence-electron chi connectivity index (χ4n) is 7.82. The number of fused-ring (bicyclic) bond motifs is 7. The predicted octanol–water partition coefficient (Wildman–Crippen LogP) is 13.0. The van der Waals surface area contributed by atoms with Crippen LogP contribution >= 0.6 is 0 Å². The molecule has 0 radical (unpaired) electrons. The van der Waals surface area contributed by atoms with E-state index in [2.05, 4.69) is 146 Å². The van der Waals surface area contributed by atoms with Crippen LogP contribution in [0.15, 0.2) is 186 Å². The van der Waals surface area contributed by atoms with E-state index in [4.69, 9.17) is 24.4 Å². The summed E-state index contributed by atoms with van der Waals surface area (Å²) in [7, 11) is 0. The van der Waals surface area contributed by atoms with Gasteiger partial charge in [-0.3, -0.25) is 0 Å². The van der Waals surface area contributed by atoms with Gasteiger partial charge in [0.15, 0.2) is 17.2 Å².